The quantitative estimate of drug-likeness (QED) is 0.471. The molecule has 2 aromatic carbocycles. The van der Waals surface area contributed by atoms with Gasteiger partial charge in [0, 0.05) is 62.4 Å². The molecule has 1 fully saturated rings. The number of hydrogen-bond acceptors (Lipinski definition) is 5. The van der Waals surface area contributed by atoms with Crippen molar-refractivity contribution in [2.24, 2.45) is 0 Å². The van der Waals surface area contributed by atoms with Gasteiger partial charge in [-0.05, 0) is 20.0 Å². The number of hydrogen-bond donors (Lipinski definition) is 0. The topological polar surface area (TPSA) is 39.7 Å². The first-order valence-corrected chi connectivity index (χ1v) is 13.1. The molecule has 3 heterocycles. The number of nitrogens with zero attached hydrogens (tertiary/aromatic N) is 4. The van der Waals surface area contributed by atoms with Crippen molar-refractivity contribution >= 4 is 28.5 Å². The number of anilines is 1. The van der Waals surface area contributed by atoms with Gasteiger partial charge >= 0.3 is 0 Å². The molecule has 2 aliphatic rings. The Kier molecular flexibility index (Phi) is 7.01. The molecule has 0 atom stereocenters. The molecule has 1 saturated heterocycles. The van der Waals surface area contributed by atoms with Gasteiger partial charge in [0.15, 0.2) is 0 Å². The van der Waals surface area contributed by atoms with Crippen LogP contribution < -0.4 is 4.90 Å². The van der Waals surface area contributed by atoms with Crippen molar-refractivity contribution < 1.29 is 13.6 Å². The molecule has 0 radical (unpaired) electrons. The maximum absolute atomic E-state index is 15.5. The molecular formula is C28H30F2N4OS. The Morgan fingerprint density at radius 2 is 1.72 bits per heavy atom. The van der Waals surface area contributed by atoms with Gasteiger partial charge < -0.3 is 9.80 Å². The van der Waals surface area contributed by atoms with E-state index in [1.165, 1.54) is 16.2 Å². The molecule has 3 aromatic rings. The number of fused-ring (bicyclic) bond motifs is 1. The van der Waals surface area contributed by atoms with Gasteiger partial charge in [-0.1, -0.05) is 54.6 Å². The summed E-state index contributed by atoms with van der Waals surface area (Å²) in [5.74, 6) is -3.31. The van der Waals surface area contributed by atoms with Crippen molar-refractivity contribution in [1.82, 2.24) is 14.8 Å². The van der Waals surface area contributed by atoms with E-state index in [-0.39, 0.29) is 18.0 Å². The lowest BCUT2D eigenvalue weighted by molar-refractivity contribution is 0.0596. The average molecular weight is 509 g/mol. The zero-order valence-electron chi connectivity index (χ0n) is 20.6. The second kappa shape index (κ2) is 10.2. The number of likely N-dealkylation sites (N-methyl/N-ethyl adjacent to an activating group) is 1. The van der Waals surface area contributed by atoms with E-state index in [1.807, 2.05) is 30.3 Å². The Hall–Kier alpha value is -2.94. The van der Waals surface area contributed by atoms with Crippen molar-refractivity contribution in [1.29, 1.82) is 0 Å². The van der Waals surface area contributed by atoms with Crippen LogP contribution in [-0.4, -0.2) is 72.9 Å². The van der Waals surface area contributed by atoms with Crippen LogP contribution in [-0.2, 0) is 0 Å². The first-order valence-electron chi connectivity index (χ1n) is 12.3. The Morgan fingerprint density at radius 3 is 2.47 bits per heavy atom. The van der Waals surface area contributed by atoms with Crippen molar-refractivity contribution in [2.75, 3.05) is 51.2 Å². The maximum Gasteiger partial charge on any atom is 0.275 e. The molecule has 5 rings (SSSR count). The highest BCUT2D eigenvalue weighted by Crippen LogP contribution is 2.43. The molecular weight excluding hydrogens is 478 g/mol. The number of aromatic nitrogens is 1. The summed E-state index contributed by atoms with van der Waals surface area (Å²) in [6.45, 7) is 5.77. The molecule has 0 bridgehead atoms. The molecule has 2 aliphatic heterocycles. The zero-order chi connectivity index (χ0) is 25.3. The van der Waals surface area contributed by atoms with Crippen LogP contribution in [0.1, 0.15) is 27.3 Å². The molecule has 8 heteroatoms. The van der Waals surface area contributed by atoms with Crippen molar-refractivity contribution in [3.05, 3.63) is 76.8 Å². The highest BCUT2D eigenvalue weighted by atomic mass is 32.1. The van der Waals surface area contributed by atoms with E-state index in [1.54, 1.807) is 37.3 Å². The summed E-state index contributed by atoms with van der Waals surface area (Å²) < 4.78 is 31.1. The molecule has 0 saturated carbocycles. The highest BCUT2D eigenvalue weighted by Gasteiger charge is 2.41. The van der Waals surface area contributed by atoms with Crippen LogP contribution in [0.4, 0.5) is 14.5 Å². The van der Waals surface area contributed by atoms with Crippen LogP contribution in [0, 0.1) is 6.92 Å². The maximum atomic E-state index is 15.5. The van der Waals surface area contributed by atoms with Gasteiger partial charge in [0.25, 0.3) is 11.8 Å². The molecule has 0 unspecified atom stereocenters. The molecule has 5 nitrogen and oxygen atoms in total. The number of piperazine rings is 1. The lowest BCUT2D eigenvalue weighted by atomic mass is 9.97. The summed E-state index contributed by atoms with van der Waals surface area (Å²) >= 11 is 1.31. The number of allylic oxidation sites excluding steroid dienone is 1. The van der Waals surface area contributed by atoms with E-state index in [9.17, 15) is 4.79 Å². The molecule has 1 aromatic heterocycles. The first kappa shape index (κ1) is 24.7. The van der Waals surface area contributed by atoms with Crippen molar-refractivity contribution in [3.63, 3.8) is 0 Å². The number of thiazole rings is 1. The number of benzene rings is 2. The van der Waals surface area contributed by atoms with Gasteiger partial charge in [0.2, 0.25) is 0 Å². The first-order chi connectivity index (χ1) is 17.3. The Balaban J connectivity index is 1.47. The van der Waals surface area contributed by atoms with Gasteiger partial charge in [-0.2, -0.15) is 0 Å². The normalized spacial score (nSPS) is 19.8. The molecule has 36 heavy (non-hydrogen) atoms. The van der Waals surface area contributed by atoms with Gasteiger partial charge in [-0.25, -0.2) is 13.8 Å². The zero-order valence-corrected chi connectivity index (χ0v) is 21.4. The lowest BCUT2D eigenvalue weighted by Crippen LogP contribution is -2.44. The number of halogens is 2. The number of para-hydroxylation sites is 1. The third kappa shape index (κ3) is 4.98. The van der Waals surface area contributed by atoms with Crippen LogP contribution >= 0.6 is 11.3 Å². The molecule has 1 amide bonds. The number of amides is 1. The third-order valence-electron chi connectivity index (χ3n) is 6.93. The number of aryl methyl sites for hydroxylation is 1. The Bertz CT molecular complexity index is 1270. The standard InChI is InChI=1S/C28H30F2N4OS/c1-20-25(36-26(31-20)21-8-4-3-5-9-21)27(35)34-15-13-28(29,30)23(22-10-6-7-11-24(22)34)12-14-33-18-16-32(2)17-19-33/h3-12H,13-19H2,1-2H3. The number of alkyl halides is 2. The Morgan fingerprint density at radius 1 is 1.03 bits per heavy atom. The van der Waals surface area contributed by atoms with Crippen LogP contribution in [0.2, 0.25) is 0 Å². The minimum Gasteiger partial charge on any atom is -0.307 e. The van der Waals surface area contributed by atoms with Gasteiger partial charge in [0.1, 0.15) is 9.88 Å². The SMILES string of the molecule is Cc1nc(-c2ccccc2)sc1C(=O)N1CCC(F)(F)C(=CCN2CCN(C)CC2)c2ccccc21. The van der Waals surface area contributed by atoms with E-state index in [0.29, 0.717) is 28.4 Å². The minimum atomic E-state index is -3.03. The number of rotatable bonds is 4. The van der Waals surface area contributed by atoms with Crippen LogP contribution in [0.5, 0.6) is 0 Å². The summed E-state index contributed by atoms with van der Waals surface area (Å²) in [7, 11) is 2.07. The monoisotopic (exact) mass is 508 g/mol. The van der Waals surface area contributed by atoms with E-state index in [0.717, 1.165) is 36.8 Å². The van der Waals surface area contributed by atoms with Gasteiger partial charge in [0.05, 0.1) is 11.4 Å². The summed E-state index contributed by atoms with van der Waals surface area (Å²) in [6.07, 6.45) is 1.25. The molecule has 0 aliphatic carbocycles. The fourth-order valence-electron chi connectivity index (χ4n) is 4.78. The van der Waals surface area contributed by atoms with E-state index in [4.69, 9.17) is 0 Å². The van der Waals surface area contributed by atoms with Crippen LogP contribution in [0.3, 0.4) is 0 Å². The van der Waals surface area contributed by atoms with E-state index >= 15 is 8.78 Å². The summed E-state index contributed by atoms with van der Waals surface area (Å²) in [5, 5.41) is 0.748. The van der Waals surface area contributed by atoms with Crippen LogP contribution in [0.25, 0.3) is 16.1 Å². The van der Waals surface area contributed by atoms with Crippen molar-refractivity contribution in [3.8, 4) is 10.6 Å². The van der Waals surface area contributed by atoms with Crippen LogP contribution in [0.15, 0.2) is 60.7 Å². The van der Waals surface area contributed by atoms with E-state index < -0.39 is 12.3 Å². The number of carbonyl (C=O) groups excluding carboxylic acids is 1. The average Bonchev–Trinajstić information content (AvgIpc) is 3.23. The summed E-state index contributed by atoms with van der Waals surface area (Å²) in [6, 6.07) is 16.7. The smallest absolute Gasteiger partial charge is 0.275 e. The molecule has 0 N–H and O–H groups in total. The minimum absolute atomic E-state index is 0.0123. The largest absolute Gasteiger partial charge is 0.307 e. The fraction of sp³-hybridized carbons (Fsp3) is 0.357. The predicted molar refractivity (Wildman–Crippen MR) is 142 cm³/mol. The van der Waals surface area contributed by atoms with E-state index in [2.05, 4.69) is 21.8 Å². The molecule has 0 spiro atoms. The lowest BCUT2D eigenvalue weighted by Gasteiger charge is -2.32. The number of carbonyl (C=O) groups is 1. The van der Waals surface area contributed by atoms with Crippen molar-refractivity contribution in [2.45, 2.75) is 19.3 Å². The predicted octanol–water partition coefficient (Wildman–Crippen LogP) is 5.44. The second-order valence-electron chi connectivity index (χ2n) is 9.45. The Labute approximate surface area is 214 Å². The van der Waals surface area contributed by atoms with Gasteiger partial charge in [-0.15, -0.1) is 11.3 Å². The summed E-state index contributed by atoms with van der Waals surface area (Å²) in [5.41, 5.74) is 2.51. The molecule has 188 valence electrons. The fourth-order valence-corrected chi connectivity index (χ4v) is 5.80. The van der Waals surface area contributed by atoms with Gasteiger partial charge in [-0.3, -0.25) is 9.69 Å². The highest BCUT2D eigenvalue weighted by molar-refractivity contribution is 7.17. The second-order valence-corrected chi connectivity index (χ2v) is 10.4. The summed E-state index contributed by atoms with van der Waals surface area (Å²) in [4.78, 5) is 24.8. The third-order valence-corrected chi connectivity index (χ3v) is 8.13.